The molecule has 1 heterocycles. The zero-order valence-electron chi connectivity index (χ0n) is 8.92. The van der Waals surface area contributed by atoms with Crippen LogP contribution < -0.4 is 4.74 Å². The Bertz CT molecular complexity index is 548. The van der Waals surface area contributed by atoms with Crippen molar-refractivity contribution < 1.29 is 14.6 Å². The van der Waals surface area contributed by atoms with Gasteiger partial charge in [-0.15, -0.1) is 0 Å². The van der Waals surface area contributed by atoms with Crippen LogP contribution in [0.3, 0.4) is 0 Å². The van der Waals surface area contributed by atoms with Crippen molar-refractivity contribution in [2.24, 2.45) is 0 Å². The molecule has 0 atom stereocenters. The summed E-state index contributed by atoms with van der Waals surface area (Å²) in [5, 5.41) is 13.7. The van der Waals surface area contributed by atoms with Gasteiger partial charge >= 0.3 is 5.97 Å². The minimum absolute atomic E-state index is 0.0187. The Hall–Kier alpha value is -2.01. The average Bonchev–Trinajstić information content (AvgIpc) is 2.73. The molecule has 2 rings (SSSR count). The lowest BCUT2D eigenvalue weighted by Crippen LogP contribution is -2.09. The first kappa shape index (κ1) is 11.5. The highest BCUT2D eigenvalue weighted by Crippen LogP contribution is 2.22. The normalized spacial score (nSPS) is 10.2. The van der Waals surface area contributed by atoms with Crippen LogP contribution in [0.25, 0.3) is 5.69 Å². The van der Waals surface area contributed by atoms with Crippen LogP contribution in [0.4, 0.5) is 0 Å². The molecule has 1 N–H and O–H groups in total. The zero-order valence-corrected chi connectivity index (χ0v) is 9.68. The molecular formula is C11H9ClN2O3. The highest BCUT2D eigenvalue weighted by molar-refractivity contribution is 6.30. The number of aromatic carboxylic acids is 1. The molecule has 0 saturated carbocycles. The molecule has 1 aromatic carbocycles. The Kier molecular flexibility index (Phi) is 3.01. The number of ether oxygens (including phenoxy) is 1. The lowest BCUT2D eigenvalue weighted by atomic mass is 10.3. The van der Waals surface area contributed by atoms with Crippen LogP contribution in [0, 0.1) is 0 Å². The second-order valence-corrected chi connectivity index (χ2v) is 3.69. The monoisotopic (exact) mass is 252 g/mol. The van der Waals surface area contributed by atoms with Crippen molar-refractivity contribution in [3.63, 3.8) is 0 Å². The number of carbonyl (C=O) groups is 1. The van der Waals surface area contributed by atoms with Gasteiger partial charge in [0, 0.05) is 5.02 Å². The number of carboxylic acid groups (broad SMARTS) is 1. The second-order valence-electron chi connectivity index (χ2n) is 3.25. The highest BCUT2D eigenvalue weighted by Gasteiger charge is 2.19. The van der Waals surface area contributed by atoms with Gasteiger partial charge in [-0.2, -0.15) is 5.10 Å². The third-order valence-electron chi connectivity index (χ3n) is 2.23. The molecule has 0 aliphatic rings. The number of benzene rings is 1. The number of carboxylic acids is 1. The van der Waals surface area contributed by atoms with Crippen molar-refractivity contribution in [2.75, 3.05) is 7.11 Å². The number of halogens is 1. The summed E-state index contributed by atoms with van der Waals surface area (Å²) in [7, 11) is 1.40. The summed E-state index contributed by atoms with van der Waals surface area (Å²) in [4.78, 5) is 11.1. The predicted octanol–water partition coefficient (Wildman–Crippen LogP) is 2.23. The van der Waals surface area contributed by atoms with Gasteiger partial charge in [-0.05, 0) is 24.3 Å². The first-order valence-corrected chi connectivity index (χ1v) is 5.12. The van der Waals surface area contributed by atoms with Crippen LogP contribution in [0.15, 0.2) is 30.5 Å². The van der Waals surface area contributed by atoms with Gasteiger partial charge in [-0.3, -0.25) is 0 Å². The topological polar surface area (TPSA) is 64.4 Å². The van der Waals surface area contributed by atoms with Crippen LogP contribution in [0.1, 0.15) is 10.5 Å². The maximum Gasteiger partial charge on any atom is 0.358 e. The van der Waals surface area contributed by atoms with Gasteiger partial charge in [-0.25, -0.2) is 9.48 Å². The fraction of sp³-hybridized carbons (Fsp3) is 0.0909. The first-order valence-electron chi connectivity index (χ1n) is 4.74. The molecule has 17 heavy (non-hydrogen) atoms. The molecule has 0 radical (unpaired) electrons. The molecule has 0 aliphatic heterocycles. The van der Waals surface area contributed by atoms with Crippen molar-refractivity contribution in [1.29, 1.82) is 0 Å². The van der Waals surface area contributed by atoms with Crippen molar-refractivity contribution >= 4 is 17.6 Å². The van der Waals surface area contributed by atoms with Crippen LogP contribution in [0.2, 0.25) is 5.02 Å². The van der Waals surface area contributed by atoms with Gasteiger partial charge in [0.15, 0.2) is 11.4 Å². The summed E-state index contributed by atoms with van der Waals surface area (Å²) in [5.74, 6) is -0.887. The lowest BCUT2D eigenvalue weighted by Gasteiger charge is -2.05. The second kappa shape index (κ2) is 4.47. The predicted molar refractivity (Wildman–Crippen MR) is 62.1 cm³/mol. The minimum atomic E-state index is -1.10. The van der Waals surface area contributed by atoms with Gasteiger partial charge in [0.05, 0.1) is 19.0 Å². The molecule has 1 aromatic heterocycles. The van der Waals surface area contributed by atoms with E-state index in [0.717, 1.165) is 0 Å². The van der Waals surface area contributed by atoms with E-state index in [4.69, 9.17) is 21.4 Å². The van der Waals surface area contributed by atoms with Crippen molar-refractivity contribution in [1.82, 2.24) is 9.78 Å². The Morgan fingerprint density at radius 3 is 2.59 bits per heavy atom. The van der Waals surface area contributed by atoms with Crippen LogP contribution in [0.5, 0.6) is 5.75 Å². The fourth-order valence-corrected chi connectivity index (χ4v) is 1.58. The first-order chi connectivity index (χ1) is 8.13. The molecule has 0 bridgehead atoms. The maximum atomic E-state index is 11.1. The van der Waals surface area contributed by atoms with E-state index in [0.29, 0.717) is 10.7 Å². The summed E-state index contributed by atoms with van der Waals surface area (Å²) in [6, 6.07) is 6.69. The Morgan fingerprint density at radius 1 is 1.41 bits per heavy atom. The molecule has 0 spiro atoms. The van der Waals surface area contributed by atoms with E-state index in [1.807, 2.05) is 0 Å². The summed E-state index contributed by atoms with van der Waals surface area (Å²) >= 11 is 5.76. The van der Waals surface area contributed by atoms with Crippen LogP contribution in [-0.4, -0.2) is 28.0 Å². The molecule has 5 nitrogen and oxygen atoms in total. The number of methoxy groups -OCH3 is 1. The van der Waals surface area contributed by atoms with E-state index in [1.165, 1.54) is 18.0 Å². The van der Waals surface area contributed by atoms with Crippen LogP contribution >= 0.6 is 11.6 Å². The molecule has 2 aromatic rings. The molecule has 0 unspecified atom stereocenters. The third-order valence-corrected chi connectivity index (χ3v) is 2.48. The van der Waals surface area contributed by atoms with E-state index in [9.17, 15) is 4.79 Å². The number of aromatic nitrogens is 2. The summed E-state index contributed by atoms with van der Waals surface area (Å²) in [6.45, 7) is 0. The Labute approximate surface area is 102 Å². The van der Waals surface area contributed by atoms with E-state index >= 15 is 0 Å². The summed E-state index contributed by atoms with van der Waals surface area (Å²) in [6.07, 6.45) is 1.36. The maximum absolute atomic E-state index is 11.1. The van der Waals surface area contributed by atoms with E-state index < -0.39 is 5.97 Å². The number of hydrogen-bond acceptors (Lipinski definition) is 3. The lowest BCUT2D eigenvalue weighted by molar-refractivity contribution is 0.0683. The largest absolute Gasteiger partial charge is 0.493 e. The van der Waals surface area contributed by atoms with Gasteiger partial charge in [0.25, 0.3) is 0 Å². The molecule has 0 aliphatic carbocycles. The van der Waals surface area contributed by atoms with Crippen LogP contribution in [-0.2, 0) is 0 Å². The molecule has 0 saturated heterocycles. The van der Waals surface area contributed by atoms with Gasteiger partial charge < -0.3 is 9.84 Å². The molecule has 0 fully saturated rings. The molecular weight excluding hydrogens is 244 g/mol. The summed E-state index contributed by atoms with van der Waals surface area (Å²) in [5.41, 5.74) is 0.588. The third kappa shape index (κ3) is 2.09. The Balaban J connectivity index is 2.55. The fourth-order valence-electron chi connectivity index (χ4n) is 1.46. The molecule has 6 heteroatoms. The number of nitrogens with zero attached hydrogens (tertiary/aromatic N) is 2. The number of hydrogen-bond donors (Lipinski definition) is 1. The highest BCUT2D eigenvalue weighted by atomic mass is 35.5. The molecule has 88 valence electrons. The standard InChI is InChI=1S/C11H9ClN2O3/c1-17-9-6-13-14(10(9)11(15)16)8-4-2-7(12)3-5-8/h2-6H,1H3,(H,15,16). The Morgan fingerprint density at radius 2 is 2.06 bits per heavy atom. The van der Waals surface area contributed by atoms with Gasteiger partial charge in [0.2, 0.25) is 0 Å². The SMILES string of the molecule is COc1cnn(-c2ccc(Cl)cc2)c1C(=O)O. The zero-order chi connectivity index (χ0) is 12.4. The van der Waals surface area contributed by atoms with Gasteiger partial charge in [-0.1, -0.05) is 11.6 Å². The van der Waals surface area contributed by atoms with E-state index in [2.05, 4.69) is 5.10 Å². The van der Waals surface area contributed by atoms with Gasteiger partial charge in [0.1, 0.15) is 0 Å². The van der Waals surface area contributed by atoms with Crippen molar-refractivity contribution in [2.45, 2.75) is 0 Å². The quantitative estimate of drug-likeness (QED) is 0.910. The minimum Gasteiger partial charge on any atom is -0.493 e. The summed E-state index contributed by atoms with van der Waals surface area (Å²) < 4.78 is 6.23. The number of rotatable bonds is 3. The average molecular weight is 253 g/mol. The van der Waals surface area contributed by atoms with Crippen molar-refractivity contribution in [3.05, 3.63) is 41.2 Å². The van der Waals surface area contributed by atoms with E-state index in [-0.39, 0.29) is 11.4 Å². The van der Waals surface area contributed by atoms with Crippen molar-refractivity contribution in [3.8, 4) is 11.4 Å². The van der Waals surface area contributed by atoms with E-state index in [1.54, 1.807) is 24.3 Å². The smallest absolute Gasteiger partial charge is 0.358 e. The molecule has 0 amide bonds.